The van der Waals surface area contributed by atoms with Gasteiger partial charge in [-0.1, -0.05) is 48.5 Å². The van der Waals surface area contributed by atoms with Crippen LogP contribution in [0.3, 0.4) is 0 Å². The van der Waals surface area contributed by atoms with Gasteiger partial charge in [0.25, 0.3) is 0 Å². The Kier molecular flexibility index (Phi) is 15.1. The zero-order valence-corrected chi connectivity index (χ0v) is 41.1. The third-order valence-electron chi connectivity index (χ3n) is 13.4. The van der Waals surface area contributed by atoms with Crippen LogP contribution in [0.1, 0.15) is 121 Å². The number of rotatable bonds is 18. The van der Waals surface area contributed by atoms with E-state index in [-0.39, 0.29) is 30.1 Å². The molecule has 7 atom stereocenters. The molecule has 7 unspecified atom stereocenters. The molecule has 15 nitrogen and oxygen atoms in total. The fourth-order valence-corrected chi connectivity index (χ4v) is 9.50. The van der Waals surface area contributed by atoms with Crippen LogP contribution in [-0.4, -0.2) is 79.1 Å². The lowest BCUT2D eigenvalue weighted by atomic mass is 9.94. The van der Waals surface area contributed by atoms with E-state index in [1.54, 1.807) is 13.3 Å². The first-order valence-electron chi connectivity index (χ1n) is 24.3. The Labute approximate surface area is 402 Å². The van der Waals surface area contributed by atoms with E-state index in [9.17, 15) is 0 Å². The Morgan fingerprint density at radius 3 is 2.25 bits per heavy atom. The summed E-state index contributed by atoms with van der Waals surface area (Å²) in [6.45, 7) is 18.1. The van der Waals surface area contributed by atoms with E-state index in [2.05, 4.69) is 113 Å². The van der Waals surface area contributed by atoms with Crippen molar-refractivity contribution in [1.82, 2.24) is 15.0 Å². The van der Waals surface area contributed by atoms with E-state index in [1.807, 2.05) is 39.0 Å². The van der Waals surface area contributed by atoms with Gasteiger partial charge in [-0.15, -0.1) is 0 Å². The largest absolute Gasteiger partial charge is 0.396 e. The van der Waals surface area contributed by atoms with Gasteiger partial charge in [0, 0.05) is 80.2 Å². The quantitative estimate of drug-likeness (QED) is 0.0409. The molecule has 10 N–H and O–H groups in total. The Morgan fingerprint density at radius 1 is 0.794 bits per heavy atom. The third kappa shape index (κ3) is 11.9. The number of hydrogen-bond acceptors (Lipinski definition) is 15. The number of nitrogens with two attached hydrogens (primary N) is 3. The molecule has 68 heavy (non-hydrogen) atoms. The zero-order chi connectivity index (χ0) is 48.1. The van der Waals surface area contributed by atoms with E-state index >= 15 is 0 Å². The fraction of sp³-hybridized carbons (Fsp3) is 0.491. The lowest BCUT2D eigenvalue weighted by Gasteiger charge is -2.35. The van der Waals surface area contributed by atoms with Crippen molar-refractivity contribution in [3.05, 3.63) is 102 Å². The van der Waals surface area contributed by atoms with Crippen LogP contribution < -0.4 is 43.4 Å². The summed E-state index contributed by atoms with van der Waals surface area (Å²) in [6, 6.07) is 25.2. The second-order valence-electron chi connectivity index (χ2n) is 19.9. The van der Waals surface area contributed by atoms with Crippen molar-refractivity contribution in [2.24, 2.45) is 5.92 Å². The van der Waals surface area contributed by atoms with E-state index in [0.717, 1.165) is 102 Å². The lowest BCUT2D eigenvalue weighted by Crippen LogP contribution is -2.44. The smallest absolute Gasteiger partial charge is 0.239 e. The second-order valence-corrected chi connectivity index (χ2v) is 19.9. The first kappa shape index (κ1) is 48.6. The van der Waals surface area contributed by atoms with Crippen molar-refractivity contribution in [1.29, 1.82) is 0 Å². The lowest BCUT2D eigenvalue weighted by molar-refractivity contribution is -0.165. The molecule has 0 bridgehead atoms. The number of morpholine rings is 1. The summed E-state index contributed by atoms with van der Waals surface area (Å²) < 4.78 is 23.1. The molecular formula is C53H73N11O4. The van der Waals surface area contributed by atoms with Gasteiger partial charge in [0.15, 0.2) is 0 Å². The average molecular weight is 928 g/mol. The summed E-state index contributed by atoms with van der Waals surface area (Å²) in [5.74, 6) is 2.47. The minimum atomic E-state index is -0.692. The van der Waals surface area contributed by atoms with Crippen LogP contribution in [0.15, 0.2) is 79.0 Å². The Bertz CT molecular complexity index is 2480. The normalized spacial score (nSPS) is 20.5. The number of nitrogen functional groups attached to an aromatic ring is 3. The number of nitrogens with zero attached hydrogens (tertiary/aromatic N) is 4. The first-order valence-corrected chi connectivity index (χ1v) is 24.3. The highest BCUT2D eigenvalue weighted by Crippen LogP contribution is 2.53. The minimum Gasteiger partial charge on any atom is -0.396 e. The number of methoxy groups -OCH3 is 1. The van der Waals surface area contributed by atoms with Gasteiger partial charge in [0.2, 0.25) is 6.41 Å². The van der Waals surface area contributed by atoms with Gasteiger partial charge < -0.3 is 62.3 Å². The zero-order valence-electron chi connectivity index (χ0n) is 41.1. The Balaban J connectivity index is 1.02. The highest BCUT2D eigenvalue weighted by molar-refractivity contribution is 5.85. The van der Waals surface area contributed by atoms with Crippen molar-refractivity contribution >= 4 is 45.8 Å². The molecule has 0 radical (unpaired) electrons. The van der Waals surface area contributed by atoms with Crippen LogP contribution in [0.4, 0.5) is 45.8 Å². The number of ether oxygens (including phenoxy) is 4. The molecule has 8 rings (SSSR count). The minimum absolute atomic E-state index is 0.0893. The van der Waals surface area contributed by atoms with Gasteiger partial charge in [-0.25, -0.2) is 9.97 Å². The molecule has 2 aromatic carbocycles. The van der Waals surface area contributed by atoms with Crippen LogP contribution in [0, 0.1) is 5.92 Å². The number of aromatic nitrogens is 3. The molecule has 1 saturated carbocycles. The molecule has 0 amide bonds. The summed E-state index contributed by atoms with van der Waals surface area (Å²) in [6.07, 6.45) is 4.82. The summed E-state index contributed by atoms with van der Waals surface area (Å²) in [5.41, 5.74) is 30.7. The maximum atomic E-state index is 7.17. The van der Waals surface area contributed by atoms with Crippen molar-refractivity contribution in [2.45, 2.75) is 122 Å². The molecule has 0 spiro atoms. The van der Waals surface area contributed by atoms with Gasteiger partial charge in [-0.05, 0) is 103 Å². The van der Waals surface area contributed by atoms with Crippen LogP contribution in [0.25, 0.3) is 11.3 Å². The fourth-order valence-electron chi connectivity index (χ4n) is 9.50. The average Bonchev–Trinajstić information content (AvgIpc) is 4.09. The standard InChI is InChI=1S/C53H73N11O4/c1-31(23-39-25-40(39)51-49(56)44(60-33(3)35-13-10-9-11-14-35)26-42(61-51)36-17-20-66-21-18-36)58-45-28-47(64-19-22-67-30-32(64)2)63-50(48(45)55)38-16-12-15-37(24-38)34(4)59-43-27-46(57-29-41(43)54)62-52(65-8)68-53(5,6)7/h9-16,24,26-29,31-34,36,39-40,52H,17-23,25,30,54-56H2,1-8H3,(H,58,63)(H,60,61)(H2,57,59,62). The van der Waals surface area contributed by atoms with Gasteiger partial charge in [-0.2, -0.15) is 0 Å². The molecule has 15 heteroatoms. The molecule has 3 aromatic heterocycles. The number of hydrogen-bond donors (Lipinski definition) is 7. The van der Waals surface area contributed by atoms with Crippen molar-refractivity contribution in [3.8, 4) is 11.3 Å². The maximum absolute atomic E-state index is 7.17. The summed E-state index contributed by atoms with van der Waals surface area (Å²) in [7, 11) is 1.59. The predicted octanol–water partition coefficient (Wildman–Crippen LogP) is 9.90. The number of pyridine rings is 3. The predicted molar refractivity (Wildman–Crippen MR) is 276 cm³/mol. The summed E-state index contributed by atoms with van der Waals surface area (Å²) >= 11 is 0. The number of anilines is 8. The van der Waals surface area contributed by atoms with Gasteiger partial charge in [0.1, 0.15) is 11.6 Å². The second kappa shape index (κ2) is 21.2. The van der Waals surface area contributed by atoms with Gasteiger partial charge >= 0.3 is 0 Å². The van der Waals surface area contributed by atoms with Gasteiger partial charge in [0.05, 0.1) is 76.6 Å². The first-order chi connectivity index (χ1) is 32.6. The molecule has 3 fully saturated rings. The molecule has 2 saturated heterocycles. The third-order valence-corrected chi connectivity index (χ3v) is 13.4. The van der Waals surface area contributed by atoms with Crippen molar-refractivity contribution < 1.29 is 18.9 Å². The van der Waals surface area contributed by atoms with Crippen LogP contribution in [0.5, 0.6) is 0 Å². The molecule has 5 aromatic rings. The van der Waals surface area contributed by atoms with Crippen molar-refractivity contribution in [3.63, 3.8) is 0 Å². The topological polar surface area (TPSA) is 205 Å². The molecule has 364 valence electrons. The highest BCUT2D eigenvalue weighted by Gasteiger charge is 2.42. The van der Waals surface area contributed by atoms with E-state index < -0.39 is 12.0 Å². The van der Waals surface area contributed by atoms with Crippen LogP contribution in [-0.2, 0) is 18.9 Å². The van der Waals surface area contributed by atoms with E-state index in [1.165, 1.54) is 5.56 Å². The van der Waals surface area contributed by atoms with Crippen LogP contribution >= 0.6 is 0 Å². The molecular weight excluding hydrogens is 855 g/mol. The molecule has 2 aliphatic heterocycles. The Hall–Kier alpha value is -5.87. The monoisotopic (exact) mass is 928 g/mol. The SMILES string of the molecule is COC(Nc1cc(NC(C)c2cccc(-c3nc(N4CCOCC4C)cc(NC(C)CC4CC4c4nc(C5CCOCC5)cc(NC(C)c5ccccc5)c4N)c3N)c2)c(N)cn1)OC(C)(C)C. The highest BCUT2D eigenvalue weighted by atomic mass is 16.7. The molecule has 1 aliphatic carbocycles. The summed E-state index contributed by atoms with van der Waals surface area (Å²) in [5, 5.41) is 14.4. The molecule has 5 heterocycles. The van der Waals surface area contributed by atoms with E-state index in [4.69, 9.17) is 46.1 Å². The van der Waals surface area contributed by atoms with Gasteiger partial charge in [-0.3, -0.25) is 4.98 Å². The Morgan fingerprint density at radius 2 is 1.51 bits per heavy atom. The number of benzene rings is 2. The van der Waals surface area contributed by atoms with E-state index in [0.29, 0.717) is 42.2 Å². The number of nitrogens with one attached hydrogen (secondary N) is 4. The molecule has 3 aliphatic rings. The summed E-state index contributed by atoms with van der Waals surface area (Å²) in [4.78, 5) is 17.4. The maximum Gasteiger partial charge on any atom is 0.239 e. The van der Waals surface area contributed by atoms with Crippen molar-refractivity contribution in [2.75, 3.05) is 83.5 Å². The van der Waals surface area contributed by atoms with Crippen LogP contribution in [0.2, 0.25) is 0 Å².